The molecule has 0 radical (unpaired) electrons. The molecule has 32 heavy (non-hydrogen) atoms. The summed E-state index contributed by atoms with van der Waals surface area (Å²) in [5.74, 6) is 1.35. The Kier molecular flexibility index (Phi) is 6.61. The van der Waals surface area contributed by atoms with E-state index in [1.807, 2.05) is 12.3 Å². The molecule has 1 atom stereocenters. The van der Waals surface area contributed by atoms with Gasteiger partial charge in [-0.05, 0) is 63.1 Å². The minimum atomic E-state index is -0.0297. The van der Waals surface area contributed by atoms with E-state index in [1.165, 1.54) is 16.7 Å². The number of hydrogen-bond acceptors (Lipinski definition) is 5. The smallest absolute Gasteiger partial charge is 0.167 e. The Bertz CT molecular complexity index is 1110. The first-order valence-corrected chi connectivity index (χ1v) is 11.1. The predicted molar refractivity (Wildman–Crippen MR) is 125 cm³/mol. The molecule has 0 bridgehead atoms. The van der Waals surface area contributed by atoms with Crippen LogP contribution in [0.3, 0.4) is 0 Å². The normalized spacial score (nSPS) is 16.7. The quantitative estimate of drug-likeness (QED) is 0.542. The van der Waals surface area contributed by atoms with Gasteiger partial charge in [0.25, 0.3) is 0 Å². The minimum Gasteiger partial charge on any atom is -0.493 e. The average Bonchev–Trinajstić information content (AvgIpc) is 3.27. The lowest BCUT2D eigenvalue weighted by Gasteiger charge is -2.32. The van der Waals surface area contributed by atoms with Crippen LogP contribution >= 0.6 is 0 Å². The first-order valence-electron chi connectivity index (χ1n) is 11.1. The number of H-pyrrole nitrogens is 1. The molecule has 1 saturated heterocycles. The van der Waals surface area contributed by atoms with Gasteiger partial charge in [-0.15, -0.1) is 0 Å². The van der Waals surface area contributed by atoms with Crippen LogP contribution in [0.4, 0.5) is 0 Å². The highest BCUT2D eigenvalue weighted by molar-refractivity contribution is 5.98. The number of likely N-dealkylation sites (tertiary alicyclic amines) is 1. The first kappa shape index (κ1) is 22.1. The van der Waals surface area contributed by atoms with Crippen LogP contribution in [0.1, 0.15) is 39.9 Å². The maximum Gasteiger partial charge on any atom is 0.167 e. The van der Waals surface area contributed by atoms with E-state index in [0.717, 1.165) is 43.7 Å². The molecule has 168 valence electrons. The van der Waals surface area contributed by atoms with Crippen molar-refractivity contribution in [1.29, 1.82) is 0 Å². The molecule has 0 aliphatic carbocycles. The van der Waals surface area contributed by atoms with E-state index in [4.69, 9.17) is 9.47 Å². The Labute approximate surface area is 189 Å². The van der Waals surface area contributed by atoms with Gasteiger partial charge in [0.05, 0.1) is 26.1 Å². The molecule has 4 rings (SSSR count). The summed E-state index contributed by atoms with van der Waals surface area (Å²) in [5, 5.41) is 7.52. The second-order valence-corrected chi connectivity index (χ2v) is 8.60. The Balaban J connectivity index is 1.50. The van der Waals surface area contributed by atoms with E-state index in [-0.39, 0.29) is 11.7 Å². The van der Waals surface area contributed by atoms with Crippen molar-refractivity contribution in [2.75, 3.05) is 27.3 Å². The van der Waals surface area contributed by atoms with Crippen molar-refractivity contribution >= 4 is 5.78 Å². The van der Waals surface area contributed by atoms with E-state index in [1.54, 1.807) is 26.4 Å². The van der Waals surface area contributed by atoms with Crippen LogP contribution in [0, 0.1) is 19.8 Å². The summed E-state index contributed by atoms with van der Waals surface area (Å²) in [4.78, 5) is 15.6. The standard InChI is InChI=1S/C26H31N3O3/c1-17-7-8-18(2)22(12-17)25-21(14-27-28-25)16-29-11-5-6-20(15-29)26(30)19-9-10-23(31-3)24(13-19)32-4/h7-10,12-14,20H,5-6,11,15-16H2,1-4H3,(H,27,28)/t20-/m1/s1. The number of aromatic nitrogens is 2. The fourth-order valence-corrected chi connectivity index (χ4v) is 4.55. The summed E-state index contributed by atoms with van der Waals surface area (Å²) in [5.41, 5.74) is 6.55. The Morgan fingerprint density at radius 2 is 1.94 bits per heavy atom. The van der Waals surface area contributed by atoms with Gasteiger partial charge in [-0.3, -0.25) is 14.8 Å². The lowest BCUT2D eigenvalue weighted by molar-refractivity contribution is 0.0811. The van der Waals surface area contributed by atoms with Gasteiger partial charge in [0, 0.05) is 35.7 Å². The molecule has 1 aliphatic rings. The van der Waals surface area contributed by atoms with E-state index in [9.17, 15) is 4.79 Å². The van der Waals surface area contributed by atoms with Crippen LogP contribution < -0.4 is 9.47 Å². The van der Waals surface area contributed by atoms with Crippen molar-refractivity contribution in [3.05, 3.63) is 64.8 Å². The number of aromatic amines is 1. The van der Waals surface area contributed by atoms with E-state index >= 15 is 0 Å². The maximum absolute atomic E-state index is 13.2. The zero-order valence-electron chi connectivity index (χ0n) is 19.3. The maximum atomic E-state index is 13.2. The number of hydrogen-bond donors (Lipinski definition) is 1. The number of aryl methyl sites for hydroxylation is 2. The molecule has 2 aromatic carbocycles. The van der Waals surface area contributed by atoms with E-state index in [2.05, 4.69) is 47.1 Å². The van der Waals surface area contributed by atoms with Crippen LogP contribution in [-0.4, -0.2) is 48.2 Å². The molecule has 1 fully saturated rings. The highest BCUT2D eigenvalue weighted by Crippen LogP contribution is 2.31. The molecule has 0 saturated carbocycles. The fourth-order valence-electron chi connectivity index (χ4n) is 4.55. The summed E-state index contributed by atoms with van der Waals surface area (Å²) >= 11 is 0. The molecule has 2 heterocycles. The van der Waals surface area contributed by atoms with E-state index < -0.39 is 0 Å². The Hall–Kier alpha value is -3.12. The van der Waals surface area contributed by atoms with Crippen molar-refractivity contribution in [3.8, 4) is 22.8 Å². The molecule has 6 heteroatoms. The van der Waals surface area contributed by atoms with Crippen LogP contribution in [-0.2, 0) is 6.54 Å². The first-order chi connectivity index (χ1) is 15.5. The molecule has 0 unspecified atom stereocenters. The monoisotopic (exact) mass is 433 g/mol. The zero-order valence-corrected chi connectivity index (χ0v) is 19.3. The number of ether oxygens (including phenoxy) is 2. The highest BCUT2D eigenvalue weighted by atomic mass is 16.5. The third kappa shape index (κ3) is 4.55. The molecular weight excluding hydrogens is 402 g/mol. The Morgan fingerprint density at radius 1 is 1.12 bits per heavy atom. The molecule has 3 aromatic rings. The van der Waals surface area contributed by atoms with Gasteiger partial charge >= 0.3 is 0 Å². The van der Waals surface area contributed by atoms with Crippen LogP contribution in [0.25, 0.3) is 11.3 Å². The number of rotatable bonds is 7. The van der Waals surface area contributed by atoms with Crippen LogP contribution in [0.5, 0.6) is 11.5 Å². The summed E-state index contributed by atoms with van der Waals surface area (Å²) < 4.78 is 10.7. The number of piperidine rings is 1. The number of ketones is 1. The SMILES string of the molecule is COc1ccc(C(=O)[C@@H]2CCCN(Cc3cn[nH]c3-c3cc(C)ccc3C)C2)cc1OC. The lowest BCUT2D eigenvalue weighted by Crippen LogP contribution is -2.38. The summed E-state index contributed by atoms with van der Waals surface area (Å²) in [6.45, 7) is 6.72. The molecular formula is C26H31N3O3. The number of carbonyl (C=O) groups is 1. The van der Waals surface area contributed by atoms with E-state index in [0.29, 0.717) is 17.1 Å². The lowest BCUT2D eigenvalue weighted by atomic mass is 9.89. The van der Waals surface area contributed by atoms with Gasteiger partial charge in [-0.1, -0.05) is 17.7 Å². The average molecular weight is 434 g/mol. The zero-order chi connectivity index (χ0) is 22.7. The van der Waals surface area contributed by atoms with Crippen molar-refractivity contribution in [2.24, 2.45) is 5.92 Å². The third-order valence-electron chi connectivity index (χ3n) is 6.32. The van der Waals surface area contributed by atoms with Crippen LogP contribution in [0.2, 0.25) is 0 Å². The number of nitrogens with zero attached hydrogens (tertiary/aromatic N) is 2. The third-order valence-corrected chi connectivity index (χ3v) is 6.32. The molecule has 6 nitrogen and oxygen atoms in total. The van der Waals surface area contributed by atoms with Gasteiger partial charge in [0.2, 0.25) is 0 Å². The molecule has 0 amide bonds. The van der Waals surface area contributed by atoms with Crippen LogP contribution in [0.15, 0.2) is 42.6 Å². The number of carbonyl (C=O) groups excluding carboxylic acids is 1. The Morgan fingerprint density at radius 3 is 2.72 bits per heavy atom. The number of Topliss-reactive ketones (excluding diaryl/α,β-unsaturated/α-hetero) is 1. The number of methoxy groups -OCH3 is 2. The molecule has 0 spiro atoms. The number of benzene rings is 2. The van der Waals surface area contributed by atoms with Gasteiger partial charge in [0.15, 0.2) is 17.3 Å². The van der Waals surface area contributed by atoms with Crippen molar-refractivity contribution in [1.82, 2.24) is 15.1 Å². The number of nitrogens with one attached hydrogen (secondary N) is 1. The molecule has 1 N–H and O–H groups in total. The fraction of sp³-hybridized carbons (Fsp3) is 0.385. The van der Waals surface area contributed by atoms with Gasteiger partial charge in [-0.25, -0.2) is 0 Å². The minimum absolute atomic E-state index is 0.0297. The topological polar surface area (TPSA) is 67.5 Å². The highest BCUT2D eigenvalue weighted by Gasteiger charge is 2.28. The van der Waals surface area contributed by atoms with Gasteiger partial charge in [0.1, 0.15) is 0 Å². The summed E-state index contributed by atoms with van der Waals surface area (Å²) in [6, 6.07) is 11.9. The second-order valence-electron chi connectivity index (χ2n) is 8.60. The van der Waals surface area contributed by atoms with Gasteiger partial charge < -0.3 is 9.47 Å². The molecule has 1 aromatic heterocycles. The van der Waals surface area contributed by atoms with Crippen molar-refractivity contribution < 1.29 is 14.3 Å². The van der Waals surface area contributed by atoms with Crippen molar-refractivity contribution in [2.45, 2.75) is 33.2 Å². The summed E-state index contributed by atoms with van der Waals surface area (Å²) in [6.07, 6.45) is 3.82. The largest absolute Gasteiger partial charge is 0.493 e. The van der Waals surface area contributed by atoms with Crippen molar-refractivity contribution in [3.63, 3.8) is 0 Å². The molecule has 1 aliphatic heterocycles. The second kappa shape index (κ2) is 9.57. The predicted octanol–water partition coefficient (Wildman–Crippen LogP) is 4.81. The summed E-state index contributed by atoms with van der Waals surface area (Å²) in [7, 11) is 3.19. The van der Waals surface area contributed by atoms with Gasteiger partial charge in [-0.2, -0.15) is 5.10 Å².